The molecule has 0 saturated carbocycles. The zero-order valence-electron chi connectivity index (χ0n) is 17.3. The quantitative estimate of drug-likeness (QED) is 0.646. The average molecular weight is 458 g/mol. The van der Waals surface area contributed by atoms with E-state index in [0.29, 0.717) is 39.0 Å². The topological polar surface area (TPSA) is 106 Å². The molecule has 32 heavy (non-hydrogen) atoms. The van der Waals surface area contributed by atoms with E-state index in [-0.39, 0.29) is 13.2 Å². The van der Waals surface area contributed by atoms with Gasteiger partial charge in [0, 0.05) is 28.9 Å². The lowest BCUT2D eigenvalue weighted by Gasteiger charge is -2.32. The zero-order chi connectivity index (χ0) is 22.8. The number of anilines is 1. The molecule has 0 aliphatic carbocycles. The smallest absolute Gasteiger partial charge is 0.338 e. The molecule has 2 aromatic rings. The minimum absolute atomic E-state index is 0.0913. The largest absolute Gasteiger partial charge is 0.497 e. The molecule has 0 spiro atoms. The third-order valence-electron chi connectivity index (χ3n) is 5.14. The number of benzene rings is 2. The SMILES string of the molecule is COc1cc(NC(=O)CN2C(=O)N[C@H](c3ccc(Cl)cc3)C3=C2COC3=O)cc(OC)c1. The molecule has 2 aliphatic rings. The number of urea groups is 1. The zero-order valence-corrected chi connectivity index (χ0v) is 18.1. The number of halogens is 1. The summed E-state index contributed by atoms with van der Waals surface area (Å²) in [6, 6.07) is 10.5. The molecule has 2 aliphatic heterocycles. The van der Waals surface area contributed by atoms with Gasteiger partial charge in [-0.05, 0) is 17.7 Å². The molecule has 0 unspecified atom stereocenters. The fourth-order valence-corrected chi connectivity index (χ4v) is 3.73. The molecule has 1 atom stereocenters. The van der Waals surface area contributed by atoms with Gasteiger partial charge in [-0.15, -0.1) is 0 Å². The summed E-state index contributed by atoms with van der Waals surface area (Å²) >= 11 is 5.94. The number of ether oxygens (including phenoxy) is 3. The van der Waals surface area contributed by atoms with Gasteiger partial charge in [-0.3, -0.25) is 9.69 Å². The number of cyclic esters (lactones) is 1. The van der Waals surface area contributed by atoms with E-state index in [1.807, 2.05) is 0 Å². The second-order valence-electron chi connectivity index (χ2n) is 7.11. The van der Waals surface area contributed by atoms with Gasteiger partial charge >= 0.3 is 12.0 Å². The summed E-state index contributed by atoms with van der Waals surface area (Å²) in [5, 5.41) is 6.02. The van der Waals surface area contributed by atoms with Crippen molar-refractivity contribution < 1.29 is 28.6 Å². The lowest BCUT2D eigenvalue weighted by Crippen LogP contribution is -2.49. The Bertz CT molecular complexity index is 1090. The van der Waals surface area contributed by atoms with E-state index in [0.717, 1.165) is 0 Å². The monoisotopic (exact) mass is 457 g/mol. The Labute approximate surface area is 188 Å². The van der Waals surface area contributed by atoms with E-state index >= 15 is 0 Å². The number of amides is 3. The Morgan fingerprint density at radius 3 is 2.44 bits per heavy atom. The van der Waals surface area contributed by atoms with Crippen molar-refractivity contribution in [2.24, 2.45) is 0 Å². The van der Waals surface area contributed by atoms with Crippen LogP contribution in [0.1, 0.15) is 11.6 Å². The highest BCUT2D eigenvalue weighted by Crippen LogP contribution is 2.35. The minimum atomic E-state index is -0.688. The van der Waals surface area contributed by atoms with Crippen LogP contribution in [0.2, 0.25) is 5.02 Å². The molecule has 3 amide bonds. The van der Waals surface area contributed by atoms with E-state index in [1.165, 1.54) is 19.1 Å². The molecular weight excluding hydrogens is 438 g/mol. The van der Waals surface area contributed by atoms with Crippen LogP contribution in [0.15, 0.2) is 53.7 Å². The molecule has 0 radical (unpaired) electrons. The lowest BCUT2D eigenvalue weighted by atomic mass is 9.96. The summed E-state index contributed by atoms with van der Waals surface area (Å²) in [6.45, 7) is -0.403. The third-order valence-corrected chi connectivity index (χ3v) is 5.39. The number of methoxy groups -OCH3 is 2. The van der Waals surface area contributed by atoms with Crippen molar-refractivity contribution in [3.05, 3.63) is 64.3 Å². The van der Waals surface area contributed by atoms with Gasteiger partial charge < -0.3 is 24.8 Å². The van der Waals surface area contributed by atoms with E-state index in [4.69, 9.17) is 25.8 Å². The van der Waals surface area contributed by atoms with Gasteiger partial charge in [-0.25, -0.2) is 9.59 Å². The van der Waals surface area contributed by atoms with Crippen LogP contribution in [-0.4, -0.2) is 50.2 Å². The van der Waals surface area contributed by atoms with Crippen LogP contribution in [0, 0.1) is 0 Å². The normalized spacial score (nSPS) is 17.5. The number of nitrogens with zero attached hydrogens (tertiary/aromatic N) is 1. The highest BCUT2D eigenvalue weighted by atomic mass is 35.5. The predicted octanol–water partition coefficient (Wildman–Crippen LogP) is 2.87. The van der Waals surface area contributed by atoms with Gasteiger partial charge in [0.15, 0.2) is 0 Å². The number of rotatable bonds is 6. The van der Waals surface area contributed by atoms with E-state index in [2.05, 4.69) is 10.6 Å². The molecule has 0 aromatic heterocycles. The van der Waals surface area contributed by atoms with E-state index < -0.39 is 23.9 Å². The van der Waals surface area contributed by atoms with Crippen molar-refractivity contribution >= 4 is 35.2 Å². The maximum atomic E-state index is 12.9. The van der Waals surface area contributed by atoms with Gasteiger partial charge in [0.05, 0.1) is 31.5 Å². The summed E-state index contributed by atoms with van der Waals surface area (Å²) in [4.78, 5) is 39.2. The van der Waals surface area contributed by atoms with Gasteiger partial charge in [0.2, 0.25) is 5.91 Å². The highest BCUT2D eigenvalue weighted by Gasteiger charge is 2.42. The van der Waals surface area contributed by atoms with Crippen LogP contribution >= 0.6 is 11.6 Å². The van der Waals surface area contributed by atoms with Gasteiger partial charge in [0.1, 0.15) is 24.7 Å². The summed E-state index contributed by atoms with van der Waals surface area (Å²) in [6.07, 6.45) is 0. The van der Waals surface area contributed by atoms with Crippen molar-refractivity contribution in [3.63, 3.8) is 0 Å². The minimum Gasteiger partial charge on any atom is -0.497 e. The number of hydrogen-bond acceptors (Lipinski definition) is 6. The fraction of sp³-hybridized carbons (Fsp3) is 0.227. The Morgan fingerprint density at radius 1 is 1.16 bits per heavy atom. The Hall–Kier alpha value is -3.72. The Kier molecular flexibility index (Phi) is 5.91. The van der Waals surface area contributed by atoms with Crippen molar-refractivity contribution in [1.29, 1.82) is 0 Å². The van der Waals surface area contributed by atoms with Crippen molar-refractivity contribution in [2.75, 3.05) is 32.7 Å². The van der Waals surface area contributed by atoms with Crippen LogP contribution in [0.5, 0.6) is 11.5 Å². The number of carbonyl (C=O) groups is 3. The van der Waals surface area contributed by atoms with Crippen LogP contribution in [-0.2, 0) is 14.3 Å². The molecule has 2 heterocycles. The van der Waals surface area contributed by atoms with Crippen LogP contribution in [0.3, 0.4) is 0 Å². The number of esters is 1. The van der Waals surface area contributed by atoms with Crippen LogP contribution < -0.4 is 20.1 Å². The van der Waals surface area contributed by atoms with E-state index in [1.54, 1.807) is 42.5 Å². The average Bonchev–Trinajstić information content (AvgIpc) is 3.17. The number of carbonyl (C=O) groups excluding carboxylic acids is 3. The fourth-order valence-electron chi connectivity index (χ4n) is 3.61. The molecule has 9 nitrogen and oxygen atoms in total. The predicted molar refractivity (Wildman–Crippen MR) is 116 cm³/mol. The molecule has 4 rings (SSSR count). The molecule has 166 valence electrons. The van der Waals surface area contributed by atoms with E-state index in [9.17, 15) is 14.4 Å². The standard InChI is InChI=1S/C22H20ClN3O6/c1-30-15-7-14(8-16(9-15)31-2)24-18(27)10-26-17-11-32-21(28)19(17)20(25-22(26)29)12-3-5-13(23)6-4-12/h3-9,20H,10-11H2,1-2H3,(H,24,27)(H,25,29)/t20-/m1/s1. The number of nitrogens with one attached hydrogen (secondary N) is 2. The first-order valence-electron chi connectivity index (χ1n) is 9.66. The second-order valence-corrected chi connectivity index (χ2v) is 7.54. The molecule has 0 saturated heterocycles. The molecular formula is C22H20ClN3O6. The molecule has 2 aromatic carbocycles. The van der Waals surface area contributed by atoms with Crippen LogP contribution in [0.25, 0.3) is 0 Å². The molecule has 0 fully saturated rings. The molecule has 0 bridgehead atoms. The maximum Gasteiger partial charge on any atom is 0.338 e. The molecule has 2 N–H and O–H groups in total. The van der Waals surface area contributed by atoms with Crippen molar-refractivity contribution in [3.8, 4) is 11.5 Å². The highest BCUT2D eigenvalue weighted by molar-refractivity contribution is 6.30. The van der Waals surface area contributed by atoms with Gasteiger partial charge in [-0.2, -0.15) is 0 Å². The van der Waals surface area contributed by atoms with Gasteiger partial charge in [0.25, 0.3) is 0 Å². The summed E-state index contributed by atoms with van der Waals surface area (Å²) < 4.78 is 15.6. The summed E-state index contributed by atoms with van der Waals surface area (Å²) in [7, 11) is 3.00. The van der Waals surface area contributed by atoms with Crippen molar-refractivity contribution in [2.45, 2.75) is 6.04 Å². The Balaban J connectivity index is 1.57. The first-order chi connectivity index (χ1) is 15.4. The molecule has 10 heteroatoms. The van der Waals surface area contributed by atoms with Crippen LogP contribution in [0.4, 0.5) is 10.5 Å². The summed E-state index contributed by atoms with van der Waals surface area (Å²) in [5.74, 6) is -0.00333. The van der Waals surface area contributed by atoms with Crippen molar-refractivity contribution in [1.82, 2.24) is 10.2 Å². The third kappa shape index (κ3) is 4.19. The Morgan fingerprint density at radius 2 is 1.81 bits per heavy atom. The number of hydrogen-bond donors (Lipinski definition) is 2. The first kappa shape index (κ1) is 21.5. The second kappa shape index (κ2) is 8.80. The summed E-state index contributed by atoms with van der Waals surface area (Å²) in [5.41, 5.74) is 1.78. The first-order valence-corrected chi connectivity index (χ1v) is 10.0. The maximum absolute atomic E-state index is 12.9. The van der Waals surface area contributed by atoms with Gasteiger partial charge in [-0.1, -0.05) is 23.7 Å². The lowest BCUT2D eigenvalue weighted by molar-refractivity contribution is -0.136.